The zero-order chi connectivity index (χ0) is 21.3. The number of carbonyl (C=O) groups is 1. The zero-order valence-corrected chi connectivity index (χ0v) is 18.0. The van der Waals surface area contributed by atoms with Gasteiger partial charge in [0.1, 0.15) is 18.5 Å². The molecule has 1 heterocycles. The summed E-state index contributed by atoms with van der Waals surface area (Å²) < 4.78 is 5.67. The maximum absolute atomic E-state index is 12.2. The van der Waals surface area contributed by atoms with E-state index in [4.69, 9.17) is 4.74 Å². The summed E-state index contributed by atoms with van der Waals surface area (Å²) in [5.74, 6) is 0.830. The molecule has 0 saturated carbocycles. The first-order valence-electron chi connectivity index (χ1n) is 10.6. The van der Waals surface area contributed by atoms with Crippen molar-refractivity contribution in [2.45, 2.75) is 26.5 Å². The van der Waals surface area contributed by atoms with E-state index in [9.17, 15) is 9.90 Å². The van der Waals surface area contributed by atoms with Crippen LogP contribution in [0.4, 0.5) is 0 Å². The van der Waals surface area contributed by atoms with Gasteiger partial charge in [-0.25, -0.2) is 0 Å². The molecule has 1 fully saturated rings. The molecule has 1 aliphatic heterocycles. The summed E-state index contributed by atoms with van der Waals surface area (Å²) in [7, 11) is 0. The lowest BCUT2D eigenvalue weighted by Gasteiger charge is -2.35. The van der Waals surface area contributed by atoms with Crippen LogP contribution in [0.15, 0.2) is 48.5 Å². The fourth-order valence-corrected chi connectivity index (χ4v) is 3.47. The van der Waals surface area contributed by atoms with Gasteiger partial charge in [0.25, 0.3) is 0 Å². The van der Waals surface area contributed by atoms with E-state index >= 15 is 0 Å². The van der Waals surface area contributed by atoms with Crippen molar-refractivity contribution in [1.29, 1.82) is 0 Å². The molecule has 30 heavy (non-hydrogen) atoms. The van der Waals surface area contributed by atoms with Crippen molar-refractivity contribution in [3.8, 4) is 5.75 Å². The average molecular weight is 412 g/mol. The predicted molar refractivity (Wildman–Crippen MR) is 119 cm³/mol. The van der Waals surface area contributed by atoms with Crippen LogP contribution >= 0.6 is 0 Å². The molecule has 0 radical (unpaired) electrons. The third-order valence-electron chi connectivity index (χ3n) is 5.37. The summed E-state index contributed by atoms with van der Waals surface area (Å²) in [5, 5.41) is 13.3. The lowest BCUT2D eigenvalue weighted by atomic mass is 10.1. The van der Waals surface area contributed by atoms with Gasteiger partial charge < -0.3 is 15.2 Å². The minimum absolute atomic E-state index is 0.0514. The van der Waals surface area contributed by atoms with E-state index in [1.165, 1.54) is 11.1 Å². The maximum atomic E-state index is 12.2. The number of nitrogens with zero attached hydrogens (tertiary/aromatic N) is 2. The van der Waals surface area contributed by atoms with Crippen LogP contribution in [0.3, 0.4) is 0 Å². The standard InChI is InChI=1S/C24H33N3O3/c1-19-3-7-21(8-4-19)15-25-24(29)17-27-13-11-26(12-14-27)16-22(28)18-30-23-9-5-20(2)6-10-23/h3-10,22,28H,11-18H2,1-2H3,(H,25,29). The molecule has 0 spiro atoms. The first-order chi connectivity index (χ1) is 14.5. The number of aliphatic hydroxyl groups is 1. The lowest BCUT2D eigenvalue weighted by Crippen LogP contribution is -2.51. The minimum Gasteiger partial charge on any atom is -0.491 e. The van der Waals surface area contributed by atoms with E-state index in [1.54, 1.807) is 0 Å². The molecule has 6 heteroatoms. The van der Waals surface area contributed by atoms with Crippen LogP contribution < -0.4 is 10.1 Å². The van der Waals surface area contributed by atoms with Crippen molar-refractivity contribution in [1.82, 2.24) is 15.1 Å². The Morgan fingerprint density at radius 2 is 1.53 bits per heavy atom. The number of nitrogens with one attached hydrogen (secondary N) is 1. The van der Waals surface area contributed by atoms with E-state index in [2.05, 4.69) is 34.2 Å². The Balaban J connectivity index is 1.30. The Morgan fingerprint density at radius 1 is 0.967 bits per heavy atom. The first-order valence-corrected chi connectivity index (χ1v) is 10.6. The largest absolute Gasteiger partial charge is 0.491 e. The van der Waals surface area contributed by atoms with Gasteiger partial charge >= 0.3 is 0 Å². The van der Waals surface area contributed by atoms with Gasteiger partial charge in [-0.05, 0) is 31.5 Å². The number of ether oxygens (including phenoxy) is 1. The summed E-state index contributed by atoms with van der Waals surface area (Å²) in [6.07, 6.45) is -0.532. The van der Waals surface area contributed by atoms with Crippen LogP contribution in [-0.4, -0.2) is 72.8 Å². The van der Waals surface area contributed by atoms with Gasteiger partial charge in [-0.2, -0.15) is 0 Å². The van der Waals surface area contributed by atoms with E-state index < -0.39 is 6.10 Å². The summed E-state index contributed by atoms with van der Waals surface area (Å²) in [6.45, 7) is 9.26. The van der Waals surface area contributed by atoms with Gasteiger partial charge in [0.05, 0.1) is 6.54 Å². The number of carbonyl (C=O) groups excluding carboxylic acids is 1. The Hall–Kier alpha value is -2.41. The van der Waals surface area contributed by atoms with Gasteiger partial charge in [0.15, 0.2) is 0 Å². The number of rotatable bonds is 9. The second kappa shape index (κ2) is 11.1. The third kappa shape index (κ3) is 7.44. The fraction of sp³-hybridized carbons (Fsp3) is 0.458. The molecule has 162 valence electrons. The first kappa shape index (κ1) is 22.3. The Labute approximate surface area is 179 Å². The molecule has 0 bridgehead atoms. The molecular weight excluding hydrogens is 378 g/mol. The Bertz CT molecular complexity index is 784. The Morgan fingerprint density at radius 3 is 2.17 bits per heavy atom. The zero-order valence-electron chi connectivity index (χ0n) is 18.0. The monoisotopic (exact) mass is 411 g/mol. The molecule has 1 aliphatic rings. The Kier molecular flexibility index (Phi) is 8.25. The fourth-order valence-electron chi connectivity index (χ4n) is 3.47. The van der Waals surface area contributed by atoms with Crippen molar-refractivity contribution in [3.63, 3.8) is 0 Å². The van der Waals surface area contributed by atoms with Crippen molar-refractivity contribution >= 4 is 5.91 Å². The van der Waals surface area contributed by atoms with E-state index in [1.807, 2.05) is 43.3 Å². The van der Waals surface area contributed by atoms with Gasteiger partial charge in [0.2, 0.25) is 5.91 Å². The third-order valence-corrected chi connectivity index (χ3v) is 5.37. The van der Waals surface area contributed by atoms with E-state index in [-0.39, 0.29) is 12.5 Å². The number of benzene rings is 2. The number of hydrogen-bond acceptors (Lipinski definition) is 5. The van der Waals surface area contributed by atoms with E-state index in [0.29, 0.717) is 19.6 Å². The molecule has 1 unspecified atom stereocenters. The van der Waals surface area contributed by atoms with Gasteiger partial charge in [0, 0.05) is 39.3 Å². The second-order valence-corrected chi connectivity index (χ2v) is 8.12. The molecule has 0 aliphatic carbocycles. The van der Waals surface area contributed by atoms with Gasteiger partial charge in [-0.15, -0.1) is 0 Å². The lowest BCUT2D eigenvalue weighted by molar-refractivity contribution is -0.122. The van der Waals surface area contributed by atoms with Crippen molar-refractivity contribution in [2.24, 2.45) is 0 Å². The van der Waals surface area contributed by atoms with E-state index in [0.717, 1.165) is 37.5 Å². The minimum atomic E-state index is -0.532. The summed E-state index contributed by atoms with van der Waals surface area (Å²) in [5.41, 5.74) is 3.51. The molecule has 1 amide bonds. The number of aliphatic hydroxyl groups excluding tert-OH is 1. The summed E-state index contributed by atoms with van der Waals surface area (Å²) >= 11 is 0. The van der Waals surface area contributed by atoms with Crippen molar-refractivity contribution in [2.75, 3.05) is 45.9 Å². The van der Waals surface area contributed by atoms with Crippen LogP contribution in [0.1, 0.15) is 16.7 Å². The number of hydrogen-bond donors (Lipinski definition) is 2. The molecule has 0 aromatic heterocycles. The molecule has 6 nitrogen and oxygen atoms in total. The summed E-state index contributed by atoms with van der Waals surface area (Å²) in [6, 6.07) is 16.0. The highest BCUT2D eigenvalue weighted by Crippen LogP contribution is 2.12. The maximum Gasteiger partial charge on any atom is 0.234 e. The number of piperazine rings is 1. The van der Waals surface area contributed by atoms with Gasteiger partial charge in [-0.1, -0.05) is 47.5 Å². The predicted octanol–water partition coefficient (Wildman–Crippen LogP) is 1.98. The highest BCUT2D eigenvalue weighted by molar-refractivity contribution is 5.78. The molecule has 2 aromatic rings. The number of aryl methyl sites for hydroxylation is 2. The van der Waals surface area contributed by atoms with Crippen LogP contribution in [0.25, 0.3) is 0 Å². The van der Waals surface area contributed by atoms with Crippen LogP contribution in [0, 0.1) is 13.8 Å². The van der Waals surface area contributed by atoms with Crippen LogP contribution in [-0.2, 0) is 11.3 Å². The van der Waals surface area contributed by atoms with Crippen molar-refractivity contribution in [3.05, 3.63) is 65.2 Å². The van der Waals surface area contributed by atoms with Gasteiger partial charge in [-0.3, -0.25) is 14.6 Å². The molecule has 1 atom stereocenters. The highest BCUT2D eigenvalue weighted by Gasteiger charge is 2.21. The SMILES string of the molecule is Cc1ccc(CNC(=O)CN2CCN(CC(O)COc3ccc(C)cc3)CC2)cc1. The molecule has 1 saturated heterocycles. The van der Waals surface area contributed by atoms with Crippen LogP contribution in [0.2, 0.25) is 0 Å². The summed E-state index contributed by atoms with van der Waals surface area (Å²) in [4.78, 5) is 16.6. The normalized spacial score (nSPS) is 16.2. The second-order valence-electron chi connectivity index (χ2n) is 8.12. The molecule has 3 rings (SSSR count). The highest BCUT2D eigenvalue weighted by atomic mass is 16.5. The van der Waals surface area contributed by atoms with Crippen molar-refractivity contribution < 1.29 is 14.6 Å². The number of amides is 1. The molecule has 2 aromatic carbocycles. The quantitative estimate of drug-likeness (QED) is 0.661. The topological polar surface area (TPSA) is 65.0 Å². The number of β-amino-alcohol motifs (C(OH)–C–C–N with tert-alkyl or cyclic N) is 1. The van der Waals surface area contributed by atoms with Crippen LogP contribution in [0.5, 0.6) is 5.75 Å². The smallest absolute Gasteiger partial charge is 0.234 e. The molecular formula is C24H33N3O3. The average Bonchev–Trinajstić information content (AvgIpc) is 2.74. The molecule has 2 N–H and O–H groups in total.